The summed E-state index contributed by atoms with van der Waals surface area (Å²) in [6.07, 6.45) is 1.42. The Morgan fingerprint density at radius 2 is 1.73 bits per heavy atom. The van der Waals surface area contributed by atoms with Crippen LogP contribution in [0.4, 0.5) is 5.69 Å². The molecule has 1 N–H and O–H groups in total. The fourth-order valence-electron chi connectivity index (χ4n) is 4.36. The molecule has 2 amide bonds. The van der Waals surface area contributed by atoms with Crippen LogP contribution in [0.2, 0.25) is 0 Å². The van der Waals surface area contributed by atoms with Crippen molar-refractivity contribution in [2.24, 2.45) is 0 Å². The smallest absolute Gasteiger partial charge is 0.264 e. The molecule has 1 fully saturated rings. The number of nitrogens with one attached hydrogen (secondary N) is 1. The van der Waals surface area contributed by atoms with Crippen molar-refractivity contribution in [3.63, 3.8) is 0 Å². The third kappa shape index (κ3) is 6.11. The molecule has 0 atom stereocenters. The van der Waals surface area contributed by atoms with Gasteiger partial charge in [0, 0.05) is 26.1 Å². The lowest BCUT2D eigenvalue weighted by Crippen LogP contribution is -2.41. The lowest BCUT2D eigenvalue weighted by Gasteiger charge is -2.26. The first-order valence-electron chi connectivity index (χ1n) is 12.1. The highest BCUT2D eigenvalue weighted by atomic mass is 32.2. The third-order valence-corrected chi connectivity index (χ3v) is 8.12. The minimum absolute atomic E-state index is 0.0759. The number of amides is 2. The van der Waals surface area contributed by atoms with Crippen molar-refractivity contribution in [3.8, 4) is 5.75 Å². The molecular weight excluding hydrogens is 490 g/mol. The topological polar surface area (TPSA) is 96.0 Å². The van der Waals surface area contributed by atoms with E-state index in [1.807, 2.05) is 42.2 Å². The van der Waals surface area contributed by atoms with Gasteiger partial charge in [-0.2, -0.15) is 0 Å². The number of rotatable bonds is 10. The van der Waals surface area contributed by atoms with Crippen LogP contribution in [0.5, 0.6) is 5.75 Å². The summed E-state index contributed by atoms with van der Waals surface area (Å²) in [4.78, 5) is 27.1. The van der Waals surface area contributed by atoms with Crippen molar-refractivity contribution in [3.05, 3.63) is 89.5 Å². The summed E-state index contributed by atoms with van der Waals surface area (Å²) < 4.78 is 33.8. The van der Waals surface area contributed by atoms with Crippen molar-refractivity contribution in [2.75, 3.05) is 24.5 Å². The lowest BCUT2D eigenvalue weighted by atomic mass is 10.1. The predicted molar refractivity (Wildman–Crippen MR) is 142 cm³/mol. The average Bonchev–Trinajstić information content (AvgIpc) is 3.31. The molecule has 0 spiro atoms. The van der Waals surface area contributed by atoms with Gasteiger partial charge in [-0.05, 0) is 54.3 Å². The second-order valence-electron chi connectivity index (χ2n) is 8.96. The molecule has 9 heteroatoms. The van der Waals surface area contributed by atoms with E-state index < -0.39 is 22.5 Å². The van der Waals surface area contributed by atoms with Crippen molar-refractivity contribution >= 4 is 27.5 Å². The fourth-order valence-corrected chi connectivity index (χ4v) is 5.80. The van der Waals surface area contributed by atoms with Crippen LogP contribution in [0.15, 0.2) is 77.7 Å². The van der Waals surface area contributed by atoms with E-state index in [9.17, 15) is 18.0 Å². The Labute approximate surface area is 217 Å². The number of benzene rings is 3. The van der Waals surface area contributed by atoms with Crippen molar-refractivity contribution < 1.29 is 22.7 Å². The molecule has 4 rings (SSSR count). The van der Waals surface area contributed by atoms with Gasteiger partial charge < -0.3 is 15.0 Å². The van der Waals surface area contributed by atoms with Crippen LogP contribution in [0.1, 0.15) is 29.5 Å². The zero-order valence-corrected chi connectivity index (χ0v) is 21.8. The zero-order chi connectivity index (χ0) is 26.4. The van der Waals surface area contributed by atoms with Crippen LogP contribution >= 0.6 is 0 Å². The normalized spacial score (nSPS) is 13.5. The monoisotopic (exact) mass is 521 g/mol. The van der Waals surface area contributed by atoms with E-state index in [1.165, 1.54) is 19.2 Å². The standard InChI is InChI=1S/C28H31N3O5S/c1-21-14-15-26(36-2)25(17-21)31(37(34,35)24-11-4-3-5-12-24)20-27(32)29-18-22-9-6-7-10-23(22)19-30-16-8-13-28(30)33/h3-7,9-12,14-15,17H,8,13,16,18-20H2,1-2H3,(H,29,32). The lowest BCUT2D eigenvalue weighted by molar-refractivity contribution is -0.128. The Hall–Kier alpha value is -3.85. The summed E-state index contributed by atoms with van der Waals surface area (Å²) in [5.41, 5.74) is 2.94. The number of hydrogen-bond donors (Lipinski definition) is 1. The average molecular weight is 522 g/mol. The minimum atomic E-state index is -4.06. The third-order valence-electron chi connectivity index (χ3n) is 6.35. The summed E-state index contributed by atoms with van der Waals surface area (Å²) in [7, 11) is -2.60. The van der Waals surface area contributed by atoms with Gasteiger partial charge in [0.2, 0.25) is 11.8 Å². The van der Waals surface area contributed by atoms with Crippen molar-refractivity contribution in [1.82, 2.24) is 10.2 Å². The first kappa shape index (κ1) is 26.2. The van der Waals surface area contributed by atoms with Gasteiger partial charge in [-0.3, -0.25) is 13.9 Å². The number of anilines is 1. The van der Waals surface area contributed by atoms with E-state index in [0.29, 0.717) is 18.7 Å². The Morgan fingerprint density at radius 1 is 1.03 bits per heavy atom. The summed E-state index contributed by atoms with van der Waals surface area (Å²) in [6.45, 7) is 2.84. The van der Waals surface area contributed by atoms with Gasteiger partial charge in [0.1, 0.15) is 12.3 Å². The summed E-state index contributed by atoms with van der Waals surface area (Å²) in [6, 6.07) is 20.8. The van der Waals surface area contributed by atoms with E-state index in [0.717, 1.165) is 34.0 Å². The second-order valence-corrected chi connectivity index (χ2v) is 10.8. The molecule has 0 aromatic heterocycles. The van der Waals surface area contributed by atoms with Gasteiger partial charge in [0.25, 0.3) is 10.0 Å². The van der Waals surface area contributed by atoms with Crippen LogP contribution in [0, 0.1) is 6.92 Å². The maximum atomic E-state index is 13.7. The van der Waals surface area contributed by atoms with Gasteiger partial charge in [-0.15, -0.1) is 0 Å². The molecule has 0 aliphatic carbocycles. The van der Waals surface area contributed by atoms with Gasteiger partial charge in [-0.25, -0.2) is 8.42 Å². The highest BCUT2D eigenvalue weighted by Gasteiger charge is 2.29. The number of methoxy groups -OCH3 is 1. The second kappa shape index (κ2) is 11.5. The van der Waals surface area contributed by atoms with Gasteiger partial charge in [0.05, 0.1) is 17.7 Å². The number of sulfonamides is 1. The molecule has 0 unspecified atom stereocenters. The van der Waals surface area contributed by atoms with Crippen LogP contribution in [-0.2, 0) is 32.7 Å². The molecule has 0 saturated carbocycles. The Balaban J connectivity index is 1.57. The molecule has 1 aliphatic rings. The number of carbonyl (C=O) groups is 2. The number of likely N-dealkylation sites (tertiary alicyclic amines) is 1. The summed E-state index contributed by atoms with van der Waals surface area (Å²) in [5, 5.41) is 2.86. The van der Waals surface area contributed by atoms with E-state index in [2.05, 4.69) is 5.32 Å². The summed E-state index contributed by atoms with van der Waals surface area (Å²) in [5.74, 6) is 0.0151. The predicted octanol–water partition coefficient (Wildman–Crippen LogP) is 3.64. The van der Waals surface area contributed by atoms with Crippen LogP contribution < -0.4 is 14.4 Å². The zero-order valence-electron chi connectivity index (χ0n) is 21.0. The Kier molecular flexibility index (Phi) is 8.13. The number of nitrogens with zero attached hydrogens (tertiary/aromatic N) is 2. The van der Waals surface area contributed by atoms with Gasteiger partial charge in [-0.1, -0.05) is 48.5 Å². The van der Waals surface area contributed by atoms with Crippen LogP contribution in [0.3, 0.4) is 0 Å². The quantitative estimate of drug-likeness (QED) is 0.440. The molecule has 1 heterocycles. The molecule has 37 heavy (non-hydrogen) atoms. The van der Waals surface area contributed by atoms with E-state index in [4.69, 9.17) is 4.74 Å². The van der Waals surface area contributed by atoms with E-state index in [1.54, 1.807) is 30.3 Å². The number of ether oxygens (including phenoxy) is 1. The maximum absolute atomic E-state index is 13.7. The molecule has 1 saturated heterocycles. The number of carbonyl (C=O) groups excluding carboxylic acids is 2. The van der Waals surface area contributed by atoms with Gasteiger partial charge >= 0.3 is 0 Å². The Morgan fingerprint density at radius 3 is 2.41 bits per heavy atom. The first-order valence-corrected chi connectivity index (χ1v) is 13.6. The molecule has 194 valence electrons. The Bertz CT molecular complexity index is 1380. The fraction of sp³-hybridized carbons (Fsp3) is 0.286. The minimum Gasteiger partial charge on any atom is -0.495 e. The van der Waals surface area contributed by atoms with Gasteiger partial charge in [0.15, 0.2) is 0 Å². The van der Waals surface area contributed by atoms with E-state index >= 15 is 0 Å². The largest absolute Gasteiger partial charge is 0.495 e. The number of hydrogen-bond acceptors (Lipinski definition) is 5. The highest BCUT2D eigenvalue weighted by molar-refractivity contribution is 7.92. The molecule has 3 aromatic carbocycles. The highest BCUT2D eigenvalue weighted by Crippen LogP contribution is 2.33. The molecule has 1 aliphatic heterocycles. The molecular formula is C28H31N3O5S. The molecule has 0 radical (unpaired) electrons. The molecule has 8 nitrogen and oxygen atoms in total. The van der Waals surface area contributed by atoms with Crippen LogP contribution in [0.25, 0.3) is 0 Å². The van der Waals surface area contributed by atoms with Crippen molar-refractivity contribution in [1.29, 1.82) is 0 Å². The maximum Gasteiger partial charge on any atom is 0.264 e. The van der Waals surface area contributed by atoms with E-state index in [-0.39, 0.29) is 23.0 Å². The van der Waals surface area contributed by atoms with Crippen LogP contribution in [-0.4, -0.2) is 45.3 Å². The first-order chi connectivity index (χ1) is 17.8. The molecule has 0 bridgehead atoms. The number of aryl methyl sites for hydroxylation is 1. The molecule has 3 aromatic rings. The SMILES string of the molecule is COc1ccc(C)cc1N(CC(=O)NCc1ccccc1CN1CCCC1=O)S(=O)(=O)c1ccccc1. The van der Waals surface area contributed by atoms with Crippen molar-refractivity contribution in [2.45, 2.75) is 37.8 Å². The summed E-state index contributed by atoms with van der Waals surface area (Å²) >= 11 is 0.